The second-order valence-electron chi connectivity index (χ2n) is 6.83. The van der Waals surface area contributed by atoms with Crippen molar-refractivity contribution in [2.75, 3.05) is 11.1 Å². The van der Waals surface area contributed by atoms with Gasteiger partial charge in [0.2, 0.25) is 5.91 Å². The number of aromatic nitrogens is 1. The second kappa shape index (κ2) is 8.36. The number of nitrogens with one attached hydrogen (secondary N) is 1. The number of nitrogens with zero attached hydrogens (tertiary/aromatic N) is 1. The van der Waals surface area contributed by atoms with E-state index < -0.39 is 0 Å². The van der Waals surface area contributed by atoms with Gasteiger partial charge in [-0.05, 0) is 36.2 Å². The van der Waals surface area contributed by atoms with E-state index in [1.165, 1.54) is 16.5 Å². The van der Waals surface area contributed by atoms with Gasteiger partial charge in [0.15, 0.2) is 0 Å². The van der Waals surface area contributed by atoms with Gasteiger partial charge in [-0.1, -0.05) is 60.7 Å². The standard InChI is InChI=1S/C24H22N2OS/c1-18-8-7-11-20(14-18)25-24(27)17-28-23-16-26(15-19-9-3-2-4-10-19)22-13-6-5-12-21(22)23/h2-14,16H,15,17H2,1H3,(H,25,27). The zero-order valence-corrected chi connectivity index (χ0v) is 16.6. The molecule has 4 aromatic rings. The molecule has 28 heavy (non-hydrogen) atoms. The van der Waals surface area contributed by atoms with Crippen LogP contribution in [0.5, 0.6) is 0 Å². The number of hydrogen-bond acceptors (Lipinski definition) is 2. The highest BCUT2D eigenvalue weighted by atomic mass is 32.2. The molecule has 1 heterocycles. The molecule has 0 aliphatic carbocycles. The summed E-state index contributed by atoms with van der Waals surface area (Å²) in [5.41, 5.74) is 4.43. The van der Waals surface area contributed by atoms with Crippen LogP contribution in [0.1, 0.15) is 11.1 Å². The molecular weight excluding hydrogens is 364 g/mol. The van der Waals surface area contributed by atoms with Gasteiger partial charge in [0.1, 0.15) is 0 Å². The van der Waals surface area contributed by atoms with E-state index in [4.69, 9.17) is 0 Å². The fourth-order valence-corrected chi connectivity index (χ4v) is 4.19. The van der Waals surface area contributed by atoms with Gasteiger partial charge in [-0.15, -0.1) is 11.8 Å². The van der Waals surface area contributed by atoms with Crippen LogP contribution in [-0.2, 0) is 11.3 Å². The molecule has 4 heteroatoms. The summed E-state index contributed by atoms with van der Waals surface area (Å²) in [7, 11) is 0. The van der Waals surface area contributed by atoms with Gasteiger partial charge >= 0.3 is 0 Å². The Labute approximate surface area is 169 Å². The lowest BCUT2D eigenvalue weighted by atomic mass is 10.2. The topological polar surface area (TPSA) is 34.0 Å². The molecule has 4 rings (SSSR count). The van der Waals surface area contributed by atoms with Crippen LogP contribution in [0.2, 0.25) is 0 Å². The van der Waals surface area contributed by atoms with Gasteiger partial charge in [-0.3, -0.25) is 4.79 Å². The van der Waals surface area contributed by atoms with Crippen molar-refractivity contribution in [1.82, 2.24) is 4.57 Å². The number of amides is 1. The van der Waals surface area contributed by atoms with Crippen molar-refractivity contribution in [3.63, 3.8) is 0 Å². The van der Waals surface area contributed by atoms with Gasteiger partial charge in [-0.2, -0.15) is 0 Å². The number of aryl methyl sites for hydroxylation is 1. The van der Waals surface area contributed by atoms with Crippen molar-refractivity contribution in [3.05, 3.63) is 96.2 Å². The van der Waals surface area contributed by atoms with Gasteiger partial charge in [0.25, 0.3) is 0 Å². The number of benzene rings is 3. The van der Waals surface area contributed by atoms with E-state index in [1.54, 1.807) is 11.8 Å². The lowest BCUT2D eigenvalue weighted by Crippen LogP contribution is -2.13. The average molecular weight is 387 g/mol. The molecule has 0 fully saturated rings. The fraction of sp³-hybridized carbons (Fsp3) is 0.125. The summed E-state index contributed by atoms with van der Waals surface area (Å²) in [6, 6.07) is 26.7. The van der Waals surface area contributed by atoms with Crippen LogP contribution in [0.15, 0.2) is 90.0 Å². The van der Waals surface area contributed by atoms with E-state index in [1.807, 2.05) is 43.3 Å². The summed E-state index contributed by atoms with van der Waals surface area (Å²) >= 11 is 1.58. The summed E-state index contributed by atoms with van der Waals surface area (Å²) in [6.07, 6.45) is 2.16. The number of fused-ring (bicyclic) bond motifs is 1. The third-order valence-corrected chi connectivity index (χ3v) is 5.65. The molecule has 1 amide bonds. The van der Waals surface area contributed by atoms with Gasteiger partial charge in [0.05, 0.1) is 5.75 Å². The Morgan fingerprint density at radius 2 is 1.75 bits per heavy atom. The smallest absolute Gasteiger partial charge is 0.234 e. The Hall–Kier alpha value is -2.98. The SMILES string of the molecule is Cc1cccc(NC(=O)CSc2cn(Cc3ccccc3)c3ccccc23)c1. The zero-order valence-electron chi connectivity index (χ0n) is 15.8. The Kier molecular flexibility index (Phi) is 5.49. The van der Waals surface area contributed by atoms with Gasteiger partial charge in [0, 0.05) is 34.2 Å². The highest BCUT2D eigenvalue weighted by Crippen LogP contribution is 2.30. The average Bonchev–Trinajstić information content (AvgIpc) is 3.05. The van der Waals surface area contributed by atoms with E-state index in [-0.39, 0.29) is 5.91 Å². The molecule has 0 saturated carbocycles. The molecule has 0 radical (unpaired) electrons. The lowest BCUT2D eigenvalue weighted by molar-refractivity contribution is -0.113. The Balaban J connectivity index is 1.50. The molecule has 0 bridgehead atoms. The van der Waals surface area contributed by atoms with Crippen molar-refractivity contribution < 1.29 is 4.79 Å². The van der Waals surface area contributed by atoms with Crippen molar-refractivity contribution in [1.29, 1.82) is 0 Å². The van der Waals surface area contributed by atoms with Crippen LogP contribution in [0.4, 0.5) is 5.69 Å². The quantitative estimate of drug-likeness (QED) is 0.430. The van der Waals surface area contributed by atoms with Crippen LogP contribution in [0.3, 0.4) is 0 Å². The third-order valence-electron chi connectivity index (χ3n) is 4.61. The minimum atomic E-state index is 0.00971. The van der Waals surface area contributed by atoms with Crippen LogP contribution < -0.4 is 5.32 Å². The molecule has 0 unspecified atom stereocenters. The summed E-state index contributed by atoms with van der Waals surface area (Å²) in [5.74, 6) is 0.392. The fourth-order valence-electron chi connectivity index (χ4n) is 3.30. The first-order valence-corrected chi connectivity index (χ1v) is 10.3. The molecule has 0 spiro atoms. The number of carbonyl (C=O) groups is 1. The molecule has 3 nitrogen and oxygen atoms in total. The maximum Gasteiger partial charge on any atom is 0.234 e. The van der Waals surface area contributed by atoms with Crippen LogP contribution >= 0.6 is 11.8 Å². The number of carbonyl (C=O) groups excluding carboxylic acids is 1. The highest BCUT2D eigenvalue weighted by molar-refractivity contribution is 8.00. The normalized spacial score (nSPS) is 10.9. The van der Waals surface area contributed by atoms with Crippen molar-refractivity contribution in [3.8, 4) is 0 Å². The predicted molar refractivity (Wildman–Crippen MR) is 118 cm³/mol. The summed E-state index contributed by atoms with van der Waals surface area (Å²) < 4.78 is 2.26. The molecule has 140 valence electrons. The number of rotatable bonds is 6. The predicted octanol–water partition coefficient (Wildman–Crippen LogP) is 5.73. The zero-order chi connectivity index (χ0) is 19.3. The first-order chi connectivity index (χ1) is 13.7. The van der Waals surface area contributed by atoms with E-state index >= 15 is 0 Å². The van der Waals surface area contributed by atoms with Gasteiger partial charge < -0.3 is 9.88 Å². The largest absolute Gasteiger partial charge is 0.342 e. The first kappa shape index (κ1) is 18.4. The molecule has 0 saturated heterocycles. The minimum Gasteiger partial charge on any atom is -0.342 e. The molecular formula is C24H22N2OS. The number of para-hydroxylation sites is 1. The second-order valence-corrected chi connectivity index (χ2v) is 7.85. The first-order valence-electron chi connectivity index (χ1n) is 9.30. The highest BCUT2D eigenvalue weighted by Gasteiger charge is 2.11. The lowest BCUT2D eigenvalue weighted by Gasteiger charge is -2.05. The molecule has 0 atom stereocenters. The van der Waals surface area contributed by atoms with E-state index in [9.17, 15) is 4.79 Å². The Bertz CT molecular complexity index is 1100. The minimum absolute atomic E-state index is 0.00971. The molecule has 0 aliphatic rings. The van der Waals surface area contributed by atoms with E-state index in [0.29, 0.717) is 5.75 Å². The molecule has 1 N–H and O–H groups in total. The van der Waals surface area contributed by atoms with Crippen LogP contribution in [0.25, 0.3) is 10.9 Å². The van der Waals surface area contributed by atoms with Crippen molar-refractivity contribution in [2.24, 2.45) is 0 Å². The summed E-state index contributed by atoms with van der Waals surface area (Å²) in [4.78, 5) is 13.5. The summed E-state index contributed by atoms with van der Waals surface area (Å²) in [5, 5.41) is 4.17. The molecule has 1 aromatic heterocycles. The maximum atomic E-state index is 12.4. The van der Waals surface area contributed by atoms with E-state index in [0.717, 1.165) is 22.7 Å². The Morgan fingerprint density at radius 3 is 2.57 bits per heavy atom. The van der Waals surface area contributed by atoms with Crippen LogP contribution in [0, 0.1) is 6.92 Å². The number of thioether (sulfide) groups is 1. The van der Waals surface area contributed by atoms with Crippen LogP contribution in [-0.4, -0.2) is 16.2 Å². The molecule has 0 aliphatic heterocycles. The Morgan fingerprint density at radius 1 is 0.964 bits per heavy atom. The summed E-state index contributed by atoms with van der Waals surface area (Å²) in [6.45, 7) is 2.84. The maximum absolute atomic E-state index is 12.4. The monoisotopic (exact) mass is 386 g/mol. The number of anilines is 1. The van der Waals surface area contributed by atoms with Crippen molar-refractivity contribution in [2.45, 2.75) is 18.4 Å². The van der Waals surface area contributed by atoms with Gasteiger partial charge in [-0.25, -0.2) is 0 Å². The molecule has 3 aromatic carbocycles. The van der Waals surface area contributed by atoms with Crippen molar-refractivity contribution >= 4 is 34.3 Å². The third kappa shape index (κ3) is 4.29. The number of hydrogen-bond donors (Lipinski definition) is 1. The van der Waals surface area contributed by atoms with E-state index in [2.05, 4.69) is 58.5 Å².